The van der Waals surface area contributed by atoms with E-state index in [0.29, 0.717) is 12.6 Å². The molecular formula is C18H23N3O. The summed E-state index contributed by atoms with van der Waals surface area (Å²) in [6, 6.07) is 8.55. The Morgan fingerprint density at radius 1 is 1.32 bits per heavy atom. The van der Waals surface area contributed by atoms with E-state index in [1.54, 1.807) is 0 Å². The smallest absolute Gasteiger partial charge is 0.125 e. The molecule has 0 amide bonds. The molecule has 0 fully saturated rings. The second-order valence-corrected chi connectivity index (χ2v) is 5.69. The Morgan fingerprint density at radius 3 is 3.05 bits per heavy atom. The Bertz CT molecular complexity index is 642. The van der Waals surface area contributed by atoms with Crippen molar-refractivity contribution < 1.29 is 4.74 Å². The lowest BCUT2D eigenvalue weighted by molar-refractivity contribution is 0.333. The van der Waals surface area contributed by atoms with E-state index >= 15 is 0 Å². The number of hydrogen-bond donors (Lipinski definition) is 1. The lowest BCUT2D eigenvalue weighted by Crippen LogP contribution is -2.26. The molecule has 0 saturated carbocycles. The van der Waals surface area contributed by atoms with Gasteiger partial charge in [0.1, 0.15) is 11.6 Å². The minimum Gasteiger partial charge on any atom is -0.494 e. The third kappa shape index (κ3) is 3.28. The second kappa shape index (κ2) is 6.88. The van der Waals surface area contributed by atoms with Crippen molar-refractivity contribution in [3.05, 3.63) is 53.1 Å². The first-order chi connectivity index (χ1) is 10.8. The highest BCUT2D eigenvalue weighted by Crippen LogP contribution is 2.29. The van der Waals surface area contributed by atoms with E-state index in [2.05, 4.69) is 27.4 Å². The molecule has 0 saturated heterocycles. The van der Waals surface area contributed by atoms with Gasteiger partial charge in [-0.1, -0.05) is 18.2 Å². The standard InChI is InChI=1S/C18H23N3O/c1-3-22-18-10-5-4-7-14(18)11-20-16-8-6-9-17-15(16)12-19-13(2)21-17/h4-5,7,10,12,16,20H,3,6,8-9,11H2,1-2H3. The highest BCUT2D eigenvalue weighted by atomic mass is 16.5. The molecule has 1 atom stereocenters. The first-order valence-corrected chi connectivity index (χ1v) is 8.04. The first kappa shape index (κ1) is 15.0. The normalized spacial score (nSPS) is 17.1. The van der Waals surface area contributed by atoms with Crippen molar-refractivity contribution in [1.82, 2.24) is 15.3 Å². The molecule has 0 radical (unpaired) electrons. The quantitative estimate of drug-likeness (QED) is 0.919. The molecule has 1 heterocycles. The van der Waals surface area contributed by atoms with Crippen LogP contribution in [-0.4, -0.2) is 16.6 Å². The van der Waals surface area contributed by atoms with Gasteiger partial charge in [-0.05, 0) is 39.2 Å². The Balaban J connectivity index is 1.73. The zero-order chi connectivity index (χ0) is 15.4. The molecule has 0 aliphatic heterocycles. The first-order valence-electron chi connectivity index (χ1n) is 8.04. The fourth-order valence-corrected chi connectivity index (χ4v) is 3.04. The molecule has 1 aliphatic carbocycles. The molecular weight excluding hydrogens is 274 g/mol. The second-order valence-electron chi connectivity index (χ2n) is 5.69. The van der Waals surface area contributed by atoms with Gasteiger partial charge in [0, 0.05) is 35.6 Å². The lowest BCUT2D eigenvalue weighted by atomic mass is 9.92. The van der Waals surface area contributed by atoms with E-state index < -0.39 is 0 Å². The predicted octanol–water partition coefficient (Wildman–Crippen LogP) is 3.35. The van der Waals surface area contributed by atoms with Gasteiger partial charge in [0.05, 0.1) is 6.61 Å². The zero-order valence-corrected chi connectivity index (χ0v) is 13.3. The van der Waals surface area contributed by atoms with Crippen molar-refractivity contribution in [2.24, 2.45) is 0 Å². The third-order valence-electron chi connectivity index (χ3n) is 4.11. The molecule has 1 aromatic carbocycles. The van der Waals surface area contributed by atoms with Crippen LogP contribution in [0.2, 0.25) is 0 Å². The number of aryl methyl sites for hydroxylation is 2. The lowest BCUT2D eigenvalue weighted by Gasteiger charge is -2.26. The number of hydrogen-bond acceptors (Lipinski definition) is 4. The Morgan fingerprint density at radius 2 is 2.18 bits per heavy atom. The molecule has 1 unspecified atom stereocenters. The van der Waals surface area contributed by atoms with Crippen molar-refractivity contribution in [1.29, 1.82) is 0 Å². The van der Waals surface area contributed by atoms with Gasteiger partial charge in [-0.15, -0.1) is 0 Å². The maximum Gasteiger partial charge on any atom is 0.125 e. The van der Waals surface area contributed by atoms with Crippen molar-refractivity contribution in [3.8, 4) is 5.75 Å². The molecule has 0 spiro atoms. The van der Waals surface area contributed by atoms with Crippen LogP contribution in [0, 0.1) is 6.92 Å². The van der Waals surface area contributed by atoms with E-state index in [-0.39, 0.29) is 0 Å². The van der Waals surface area contributed by atoms with Crippen LogP contribution >= 0.6 is 0 Å². The molecule has 4 heteroatoms. The van der Waals surface area contributed by atoms with Crippen LogP contribution in [0.15, 0.2) is 30.5 Å². The summed E-state index contributed by atoms with van der Waals surface area (Å²) >= 11 is 0. The molecule has 116 valence electrons. The van der Waals surface area contributed by atoms with E-state index in [1.165, 1.54) is 23.2 Å². The minimum atomic E-state index is 0.332. The minimum absolute atomic E-state index is 0.332. The highest BCUT2D eigenvalue weighted by molar-refractivity contribution is 5.33. The van der Waals surface area contributed by atoms with Crippen molar-refractivity contribution in [3.63, 3.8) is 0 Å². The zero-order valence-electron chi connectivity index (χ0n) is 13.3. The molecule has 4 nitrogen and oxygen atoms in total. The number of benzene rings is 1. The average Bonchev–Trinajstić information content (AvgIpc) is 2.54. The van der Waals surface area contributed by atoms with Gasteiger partial charge in [0.25, 0.3) is 0 Å². The fourth-order valence-electron chi connectivity index (χ4n) is 3.04. The predicted molar refractivity (Wildman–Crippen MR) is 86.9 cm³/mol. The van der Waals surface area contributed by atoms with Gasteiger partial charge in [0.2, 0.25) is 0 Å². The maximum atomic E-state index is 5.70. The Labute approximate surface area is 132 Å². The average molecular weight is 297 g/mol. The summed E-state index contributed by atoms with van der Waals surface area (Å²) in [5.74, 6) is 1.83. The van der Waals surface area contributed by atoms with Gasteiger partial charge >= 0.3 is 0 Å². The van der Waals surface area contributed by atoms with Crippen molar-refractivity contribution in [2.75, 3.05) is 6.61 Å². The number of para-hydroxylation sites is 1. The maximum absolute atomic E-state index is 5.70. The Kier molecular flexibility index (Phi) is 4.68. The van der Waals surface area contributed by atoms with E-state index in [9.17, 15) is 0 Å². The van der Waals surface area contributed by atoms with Gasteiger partial charge in [-0.3, -0.25) is 0 Å². The topological polar surface area (TPSA) is 47.0 Å². The van der Waals surface area contributed by atoms with Crippen molar-refractivity contribution in [2.45, 2.75) is 45.7 Å². The number of nitrogens with one attached hydrogen (secondary N) is 1. The van der Waals surface area contributed by atoms with Crippen molar-refractivity contribution >= 4 is 0 Å². The number of rotatable bonds is 5. The summed E-state index contributed by atoms with van der Waals surface area (Å²) in [5, 5.41) is 3.65. The van der Waals surface area contributed by atoms with E-state index in [4.69, 9.17) is 4.74 Å². The summed E-state index contributed by atoms with van der Waals surface area (Å²) in [7, 11) is 0. The summed E-state index contributed by atoms with van der Waals surface area (Å²) in [6.07, 6.45) is 5.36. The van der Waals surface area contributed by atoms with Crippen LogP contribution in [0.25, 0.3) is 0 Å². The monoisotopic (exact) mass is 297 g/mol. The number of nitrogens with zero attached hydrogens (tertiary/aromatic N) is 2. The van der Waals surface area contributed by atoms with Crippen LogP contribution < -0.4 is 10.1 Å². The molecule has 1 N–H and O–H groups in total. The van der Waals surface area contributed by atoms with Gasteiger partial charge in [-0.25, -0.2) is 9.97 Å². The summed E-state index contributed by atoms with van der Waals surface area (Å²) in [4.78, 5) is 8.96. The fraction of sp³-hybridized carbons (Fsp3) is 0.444. The van der Waals surface area contributed by atoms with Crippen LogP contribution in [0.5, 0.6) is 5.75 Å². The number of fused-ring (bicyclic) bond motifs is 1. The van der Waals surface area contributed by atoms with Gasteiger partial charge < -0.3 is 10.1 Å². The molecule has 1 aliphatic rings. The molecule has 0 bridgehead atoms. The molecule has 2 aromatic rings. The van der Waals surface area contributed by atoms with E-state index in [1.807, 2.05) is 32.2 Å². The molecule has 22 heavy (non-hydrogen) atoms. The SMILES string of the molecule is CCOc1ccccc1CNC1CCCc2nc(C)ncc21. The van der Waals surface area contributed by atoms with Crippen LogP contribution in [0.4, 0.5) is 0 Å². The van der Waals surface area contributed by atoms with Gasteiger partial charge in [-0.2, -0.15) is 0 Å². The Hall–Kier alpha value is -1.94. The highest BCUT2D eigenvalue weighted by Gasteiger charge is 2.21. The summed E-state index contributed by atoms with van der Waals surface area (Å²) < 4.78 is 5.70. The number of aromatic nitrogens is 2. The molecule has 3 rings (SSSR count). The van der Waals surface area contributed by atoms with E-state index in [0.717, 1.165) is 31.0 Å². The number of ether oxygens (including phenoxy) is 1. The molecule has 1 aromatic heterocycles. The summed E-state index contributed by atoms with van der Waals surface area (Å²) in [5.41, 5.74) is 3.66. The van der Waals surface area contributed by atoms with Crippen LogP contribution in [0.1, 0.15) is 48.5 Å². The third-order valence-corrected chi connectivity index (χ3v) is 4.11. The largest absolute Gasteiger partial charge is 0.494 e. The van der Waals surface area contributed by atoms with Gasteiger partial charge in [0.15, 0.2) is 0 Å². The van der Waals surface area contributed by atoms with Crippen LogP contribution in [-0.2, 0) is 13.0 Å². The van der Waals surface area contributed by atoms with Crippen LogP contribution in [0.3, 0.4) is 0 Å². The summed E-state index contributed by atoms with van der Waals surface area (Å²) in [6.45, 7) is 5.46.